The van der Waals surface area contributed by atoms with E-state index in [-0.39, 0.29) is 5.91 Å². The number of rotatable bonds is 5. The third-order valence-electron chi connectivity index (χ3n) is 4.86. The maximum Gasteiger partial charge on any atom is 0.260 e. The third kappa shape index (κ3) is 4.00. The van der Waals surface area contributed by atoms with Gasteiger partial charge in [0.2, 0.25) is 5.89 Å². The molecule has 4 rings (SSSR count). The number of benzene rings is 2. The van der Waals surface area contributed by atoms with Crippen LogP contribution < -0.4 is 5.32 Å². The van der Waals surface area contributed by atoms with Gasteiger partial charge in [-0.3, -0.25) is 4.79 Å². The standard InChI is InChI=1S/C23H21ClN4O2/c1-14-16(3)30-23(25-14)18-10-7-11-19(12-18)26-22(29)20-15(2)27-28(21(20)24)13-17-8-5-4-6-9-17/h4-12H,13H2,1-3H3,(H,26,29). The molecule has 0 unspecified atom stereocenters. The minimum Gasteiger partial charge on any atom is -0.441 e. The van der Waals surface area contributed by atoms with Crippen LogP contribution in [-0.4, -0.2) is 20.7 Å². The van der Waals surface area contributed by atoms with Crippen LogP contribution in [0.2, 0.25) is 5.15 Å². The number of anilines is 1. The summed E-state index contributed by atoms with van der Waals surface area (Å²) in [4.78, 5) is 17.4. The van der Waals surface area contributed by atoms with Crippen molar-refractivity contribution in [3.05, 3.63) is 88.0 Å². The summed E-state index contributed by atoms with van der Waals surface area (Å²) in [5.74, 6) is 0.979. The van der Waals surface area contributed by atoms with Crippen molar-refractivity contribution in [2.75, 3.05) is 5.32 Å². The van der Waals surface area contributed by atoms with Gasteiger partial charge in [-0.1, -0.05) is 48.0 Å². The molecule has 0 spiro atoms. The first kappa shape index (κ1) is 19.9. The van der Waals surface area contributed by atoms with Crippen LogP contribution in [0, 0.1) is 20.8 Å². The van der Waals surface area contributed by atoms with Gasteiger partial charge in [-0.25, -0.2) is 9.67 Å². The molecule has 1 amide bonds. The van der Waals surface area contributed by atoms with Crippen molar-refractivity contribution in [3.63, 3.8) is 0 Å². The maximum atomic E-state index is 12.9. The largest absolute Gasteiger partial charge is 0.441 e. The molecule has 0 aliphatic rings. The predicted molar refractivity (Wildman–Crippen MR) is 117 cm³/mol. The summed E-state index contributed by atoms with van der Waals surface area (Å²) in [5, 5.41) is 7.66. The lowest BCUT2D eigenvalue weighted by molar-refractivity contribution is 0.102. The van der Waals surface area contributed by atoms with Crippen molar-refractivity contribution in [3.8, 4) is 11.5 Å². The van der Waals surface area contributed by atoms with E-state index < -0.39 is 0 Å². The van der Waals surface area contributed by atoms with E-state index in [0.29, 0.717) is 34.5 Å². The Balaban J connectivity index is 1.56. The van der Waals surface area contributed by atoms with Crippen molar-refractivity contribution in [1.82, 2.24) is 14.8 Å². The molecule has 2 aromatic carbocycles. The van der Waals surface area contributed by atoms with Gasteiger partial charge in [0.1, 0.15) is 10.9 Å². The molecule has 152 valence electrons. The van der Waals surface area contributed by atoms with E-state index in [0.717, 1.165) is 22.6 Å². The molecule has 0 saturated carbocycles. The van der Waals surface area contributed by atoms with E-state index in [9.17, 15) is 4.79 Å². The molecule has 2 aromatic heterocycles. The van der Waals surface area contributed by atoms with E-state index in [4.69, 9.17) is 16.0 Å². The molecule has 0 radical (unpaired) electrons. The Morgan fingerprint density at radius 2 is 1.83 bits per heavy atom. The van der Waals surface area contributed by atoms with Gasteiger partial charge < -0.3 is 9.73 Å². The molecule has 0 saturated heterocycles. The number of aryl methyl sites for hydroxylation is 3. The van der Waals surface area contributed by atoms with Crippen LogP contribution in [0.5, 0.6) is 0 Å². The number of hydrogen-bond donors (Lipinski definition) is 1. The van der Waals surface area contributed by atoms with Crippen molar-refractivity contribution in [2.24, 2.45) is 0 Å². The lowest BCUT2D eigenvalue weighted by Crippen LogP contribution is -2.13. The van der Waals surface area contributed by atoms with Crippen molar-refractivity contribution < 1.29 is 9.21 Å². The molecule has 7 heteroatoms. The number of nitrogens with one attached hydrogen (secondary N) is 1. The number of carbonyl (C=O) groups excluding carboxylic acids is 1. The first-order valence-corrected chi connectivity index (χ1v) is 9.93. The van der Waals surface area contributed by atoms with Gasteiger partial charge in [0, 0.05) is 11.3 Å². The van der Waals surface area contributed by atoms with Crippen LogP contribution in [0.1, 0.15) is 33.1 Å². The number of oxazole rings is 1. The van der Waals surface area contributed by atoms with Gasteiger partial charge in [0.05, 0.1) is 23.5 Å². The smallest absolute Gasteiger partial charge is 0.260 e. The lowest BCUT2D eigenvalue weighted by Gasteiger charge is -2.07. The first-order chi connectivity index (χ1) is 14.4. The third-order valence-corrected chi connectivity index (χ3v) is 5.25. The highest BCUT2D eigenvalue weighted by Gasteiger charge is 2.21. The number of halogens is 1. The molecule has 4 aromatic rings. The van der Waals surface area contributed by atoms with E-state index >= 15 is 0 Å². The zero-order chi connectivity index (χ0) is 21.3. The summed E-state index contributed by atoms with van der Waals surface area (Å²) in [7, 11) is 0. The second-order valence-corrected chi connectivity index (χ2v) is 7.45. The Morgan fingerprint density at radius 1 is 1.07 bits per heavy atom. The normalized spacial score (nSPS) is 10.9. The Kier molecular flexibility index (Phi) is 5.42. The SMILES string of the molecule is Cc1nc(-c2cccc(NC(=O)c3c(C)nn(Cc4ccccc4)c3Cl)c2)oc1C. The van der Waals surface area contributed by atoms with Gasteiger partial charge in [-0.15, -0.1) is 0 Å². The molecule has 0 bridgehead atoms. The second-order valence-electron chi connectivity index (χ2n) is 7.09. The quantitative estimate of drug-likeness (QED) is 0.468. The topological polar surface area (TPSA) is 73.0 Å². The van der Waals surface area contributed by atoms with E-state index in [1.807, 2.05) is 68.4 Å². The van der Waals surface area contributed by atoms with Crippen LogP contribution in [0.25, 0.3) is 11.5 Å². The predicted octanol–water partition coefficient (Wildman–Crippen LogP) is 5.42. The number of hydrogen-bond acceptors (Lipinski definition) is 4. The van der Waals surface area contributed by atoms with Gasteiger partial charge >= 0.3 is 0 Å². The zero-order valence-corrected chi connectivity index (χ0v) is 17.7. The number of aromatic nitrogens is 3. The lowest BCUT2D eigenvalue weighted by atomic mass is 10.2. The summed E-state index contributed by atoms with van der Waals surface area (Å²) in [6.07, 6.45) is 0. The molecule has 0 aliphatic carbocycles. The van der Waals surface area contributed by atoms with Gasteiger partial charge in [0.25, 0.3) is 5.91 Å². The summed E-state index contributed by atoms with van der Waals surface area (Å²) in [5.41, 5.74) is 4.24. The van der Waals surface area contributed by atoms with Gasteiger partial charge in [-0.05, 0) is 44.5 Å². The van der Waals surface area contributed by atoms with Crippen LogP contribution in [0.15, 0.2) is 59.0 Å². The number of nitrogens with zero attached hydrogens (tertiary/aromatic N) is 3. The fourth-order valence-electron chi connectivity index (χ4n) is 3.19. The Labute approximate surface area is 179 Å². The maximum absolute atomic E-state index is 12.9. The molecule has 1 N–H and O–H groups in total. The molecule has 0 aliphatic heterocycles. The summed E-state index contributed by atoms with van der Waals surface area (Å²) in [6.45, 7) is 6.03. The van der Waals surface area contributed by atoms with Gasteiger partial charge in [0.15, 0.2) is 0 Å². The Hall–Kier alpha value is -3.38. The fourth-order valence-corrected chi connectivity index (χ4v) is 3.51. The molecule has 30 heavy (non-hydrogen) atoms. The van der Waals surface area contributed by atoms with E-state index in [1.165, 1.54) is 0 Å². The van der Waals surface area contributed by atoms with Crippen LogP contribution in [-0.2, 0) is 6.54 Å². The van der Waals surface area contributed by atoms with E-state index in [1.54, 1.807) is 11.6 Å². The minimum atomic E-state index is -0.311. The Morgan fingerprint density at radius 3 is 2.53 bits per heavy atom. The molecule has 2 heterocycles. The highest BCUT2D eigenvalue weighted by Crippen LogP contribution is 2.26. The van der Waals surface area contributed by atoms with Crippen LogP contribution in [0.3, 0.4) is 0 Å². The van der Waals surface area contributed by atoms with E-state index in [2.05, 4.69) is 15.4 Å². The molecule has 6 nitrogen and oxygen atoms in total. The van der Waals surface area contributed by atoms with Crippen LogP contribution in [0.4, 0.5) is 5.69 Å². The first-order valence-electron chi connectivity index (χ1n) is 9.55. The van der Waals surface area contributed by atoms with Crippen LogP contribution >= 0.6 is 11.6 Å². The Bertz CT molecular complexity index is 1190. The number of amides is 1. The highest BCUT2D eigenvalue weighted by atomic mass is 35.5. The second kappa shape index (κ2) is 8.16. The van der Waals surface area contributed by atoms with Crippen molar-refractivity contribution in [1.29, 1.82) is 0 Å². The summed E-state index contributed by atoms with van der Waals surface area (Å²) < 4.78 is 7.32. The fraction of sp³-hybridized carbons (Fsp3) is 0.174. The summed E-state index contributed by atoms with van der Waals surface area (Å²) in [6, 6.07) is 17.2. The minimum absolute atomic E-state index is 0.309. The molecular formula is C23H21ClN4O2. The van der Waals surface area contributed by atoms with Crippen molar-refractivity contribution >= 4 is 23.2 Å². The monoisotopic (exact) mass is 420 g/mol. The van der Waals surface area contributed by atoms with Gasteiger partial charge in [-0.2, -0.15) is 5.10 Å². The molecule has 0 atom stereocenters. The molecular weight excluding hydrogens is 400 g/mol. The molecule has 0 fully saturated rings. The average molecular weight is 421 g/mol. The van der Waals surface area contributed by atoms with Crippen molar-refractivity contribution in [2.45, 2.75) is 27.3 Å². The number of carbonyl (C=O) groups is 1. The average Bonchev–Trinajstić information content (AvgIpc) is 3.21. The summed E-state index contributed by atoms with van der Waals surface area (Å²) >= 11 is 6.50. The zero-order valence-electron chi connectivity index (χ0n) is 16.9. The highest BCUT2D eigenvalue weighted by molar-refractivity contribution is 6.33.